The maximum Gasteiger partial charge on any atom is 0.433 e. The molecule has 1 saturated heterocycles. The van der Waals surface area contributed by atoms with E-state index in [0.717, 1.165) is 6.07 Å². The fourth-order valence-electron chi connectivity index (χ4n) is 4.64. The minimum atomic E-state index is -4.63. The summed E-state index contributed by atoms with van der Waals surface area (Å²) in [5.74, 6) is 0.618. The number of piperazine rings is 1. The number of oxazole rings is 1. The Bertz CT molecular complexity index is 1510. The maximum absolute atomic E-state index is 13.6. The van der Waals surface area contributed by atoms with E-state index in [0.29, 0.717) is 36.5 Å². The average Bonchev–Trinajstić information content (AvgIpc) is 3.37. The van der Waals surface area contributed by atoms with E-state index in [4.69, 9.17) is 14.9 Å². The summed E-state index contributed by atoms with van der Waals surface area (Å²) >= 11 is 0. The Balaban J connectivity index is 1.50. The molecular weight excluding hydrogens is 515 g/mol. The number of amides is 1. The van der Waals surface area contributed by atoms with Crippen molar-refractivity contribution in [2.75, 3.05) is 31.6 Å². The lowest BCUT2D eigenvalue weighted by Crippen LogP contribution is -2.54. The molecule has 204 valence electrons. The van der Waals surface area contributed by atoms with Crippen molar-refractivity contribution < 1.29 is 27.1 Å². The Morgan fingerprint density at radius 3 is 2.54 bits per heavy atom. The van der Waals surface area contributed by atoms with Gasteiger partial charge in [0.05, 0.1) is 13.2 Å². The van der Waals surface area contributed by atoms with E-state index in [1.165, 1.54) is 19.2 Å². The molecule has 1 aliphatic rings. The molecule has 0 aliphatic carbocycles. The zero-order valence-corrected chi connectivity index (χ0v) is 21.4. The van der Waals surface area contributed by atoms with Crippen LogP contribution in [0.3, 0.4) is 0 Å². The van der Waals surface area contributed by atoms with E-state index < -0.39 is 17.9 Å². The van der Waals surface area contributed by atoms with Crippen molar-refractivity contribution in [3.63, 3.8) is 0 Å². The zero-order chi connectivity index (χ0) is 27.9. The van der Waals surface area contributed by atoms with Gasteiger partial charge in [-0.3, -0.25) is 4.79 Å². The van der Waals surface area contributed by atoms with Crippen molar-refractivity contribution in [3.05, 3.63) is 59.9 Å². The standard InChI is InChI=1S/C26H26F3N7O3/c1-14-13-35(11-12-36(14)25-31-9-4-10-32-25)24(37)21-22(15(2)30)39-23(34-21)17-5-7-18(38-3)20-16(17)6-8-19(33-20)26(27,28)29/h4-10,14-15H,11-13,30H2,1-3H3/t14-,15-/m0/s1. The average molecular weight is 542 g/mol. The van der Waals surface area contributed by atoms with Crippen LogP contribution < -0.4 is 15.4 Å². The van der Waals surface area contributed by atoms with E-state index in [9.17, 15) is 18.0 Å². The summed E-state index contributed by atoms with van der Waals surface area (Å²) < 4.78 is 51.2. The Labute approximate surface area is 221 Å². The van der Waals surface area contributed by atoms with Gasteiger partial charge in [0.25, 0.3) is 5.91 Å². The molecule has 0 unspecified atom stereocenters. The minimum absolute atomic E-state index is 0.00803. The zero-order valence-electron chi connectivity index (χ0n) is 21.4. The Kier molecular flexibility index (Phi) is 6.85. The van der Waals surface area contributed by atoms with Crippen molar-refractivity contribution in [2.24, 2.45) is 5.73 Å². The molecule has 5 rings (SSSR count). The number of carbonyl (C=O) groups is 1. The largest absolute Gasteiger partial charge is 0.494 e. The molecule has 0 radical (unpaired) electrons. The molecule has 13 heteroatoms. The maximum atomic E-state index is 13.6. The van der Waals surface area contributed by atoms with Crippen LogP contribution in [-0.4, -0.2) is 63.5 Å². The molecule has 0 spiro atoms. The first kappa shape index (κ1) is 26.4. The van der Waals surface area contributed by atoms with Gasteiger partial charge in [-0.1, -0.05) is 0 Å². The topological polar surface area (TPSA) is 124 Å². The molecule has 1 amide bonds. The molecule has 10 nitrogen and oxygen atoms in total. The van der Waals surface area contributed by atoms with Crippen LogP contribution >= 0.6 is 0 Å². The van der Waals surface area contributed by atoms with E-state index in [1.807, 2.05) is 11.8 Å². The Morgan fingerprint density at radius 1 is 1.15 bits per heavy atom. The number of hydrogen-bond donors (Lipinski definition) is 1. The third-order valence-electron chi connectivity index (χ3n) is 6.55. The van der Waals surface area contributed by atoms with Gasteiger partial charge in [-0.25, -0.2) is 19.9 Å². The van der Waals surface area contributed by atoms with E-state index in [1.54, 1.807) is 36.4 Å². The van der Waals surface area contributed by atoms with Crippen molar-refractivity contribution >= 4 is 22.8 Å². The molecular formula is C26H26F3N7O3. The number of nitrogens with zero attached hydrogens (tertiary/aromatic N) is 6. The summed E-state index contributed by atoms with van der Waals surface area (Å²) in [6.45, 7) is 4.95. The van der Waals surface area contributed by atoms with Crippen molar-refractivity contribution in [1.29, 1.82) is 0 Å². The lowest BCUT2D eigenvalue weighted by molar-refractivity contribution is -0.140. The van der Waals surface area contributed by atoms with Gasteiger partial charge in [-0.2, -0.15) is 13.2 Å². The second kappa shape index (κ2) is 10.1. The first-order valence-electron chi connectivity index (χ1n) is 12.2. The second-order valence-electron chi connectivity index (χ2n) is 9.27. The molecule has 39 heavy (non-hydrogen) atoms. The van der Waals surface area contributed by atoms with Crippen LogP contribution in [0.5, 0.6) is 5.75 Å². The number of carbonyl (C=O) groups excluding carboxylic acids is 1. The highest BCUT2D eigenvalue weighted by atomic mass is 19.4. The number of pyridine rings is 1. The number of methoxy groups -OCH3 is 1. The molecule has 2 N–H and O–H groups in total. The fourth-order valence-corrected chi connectivity index (χ4v) is 4.64. The predicted molar refractivity (Wildman–Crippen MR) is 136 cm³/mol. The Hall–Kier alpha value is -4.26. The van der Waals surface area contributed by atoms with E-state index in [-0.39, 0.29) is 40.6 Å². The highest BCUT2D eigenvalue weighted by Gasteiger charge is 2.35. The van der Waals surface area contributed by atoms with Crippen LogP contribution in [0.1, 0.15) is 41.8 Å². The summed E-state index contributed by atoms with van der Waals surface area (Å²) in [4.78, 5) is 34.2. The summed E-state index contributed by atoms with van der Waals surface area (Å²) in [6.07, 6.45) is -1.30. The highest BCUT2D eigenvalue weighted by Crippen LogP contribution is 2.37. The molecule has 4 heterocycles. The molecule has 0 saturated carbocycles. The van der Waals surface area contributed by atoms with Crippen LogP contribution in [0.25, 0.3) is 22.4 Å². The fraction of sp³-hybridized carbons (Fsp3) is 0.346. The van der Waals surface area contributed by atoms with Crippen molar-refractivity contribution in [1.82, 2.24) is 24.8 Å². The first-order valence-corrected chi connectivity index (χ1v) is 12.2. The van der Waals surface area contributed by atoms with Gasteiger partial charge < -0.3 is 24.7 Å². The normalized spacial score (nSPS) is 16.9. The second-order valence-corrected chi connectivity index (χ2v) is 9.27. The van der Waals surface area contributed by atoms with Crippen LogP contribution in [0.4, 0.5) is 19.1 Å². The SMILES string of the molecule is COc1ccc(-c2nc(C(=O)N3CCN(c4ncccn4)[C@@H](C)C3)c([C@H](C)N)o2)c2ccc(C(F)(F)F)nc12. The lowest BCUT2D eigenvalue weighted by atomic mass is 10.1. The quantitative estimate of drug-likeness (QED) is 0.398. The van der Waals surface area contributed by atoms with Gasteiger partial charge in [0.1, 0.15) is 17.0 Å². The molecule has 2 atom stereocenters. The predicted octanol–water partition coefficient (Wildman–Crippen LogP) is 4.08. The van der Waals surface area contributed by atoms with Crippen LogP contribution in [0, 0.1) is 0 Å². The summed E-state index contributed by atoms with van der Waals surface area (Å²) in [6, 6.07) is 6.26. The third-order valence-corrected chi connectivity index (χ3v) is 6.55. The highest BCUT2D eigenvalue weighted by molar-refractivity contribution is 5.98. The Morgan fingerprint density at radius 2 is 1.90 bits per heavy atom. The van der Waals surface area contributed by atoms with E-state index in [2.05, 4.69) is 19.9 Å². The van der Waals surface area contributed by atoms with Crippen LogP contribution in [0.2, 0.25) is 0 Å². The van der Waals surface area contributed by atoms with Crippen molar-refractivity contribution in [2.45, 2.75) is 32.1 Å². The van der Waals surface area contributed by atoms with Crippen molar-refractivity contribution in [3.8, 4) is 17.2 Å². The molecule has 4 aromatic rings. The van der Waals surface area contributed by atoms with Crippen LogP contribution in [0.15, 0.2) is 47.1 Å². The number of nitrogens with two attached hydrogens (primary N) is 1. The van der Waals surface area contributed by atoms with Gasteiger partial charge >= 0.3 is 6.18 Å². The monoisotopic (exact) mass is 541 g/mol. The number of benzene rings is 1. The molecule has 1 aromatic carbocycles. The minimum Gasteiger partial charge on any atom is -0.494 e. The summed E-state index contributed by atoms with van der Waals surface area (Å²) in [5, 5.41) is 0.323. The number of halogens is 3. The first-order chi connectivity index (χ1) is 18.6. The number of anilines is 1. The molecule has 1 fully saturated rings. The van der Waals surface area contributed by atoms with Gasteiger partial charge in [-0.05, 0) is 44.2 Å². The molecule has 1 aliphatic heterocycles. The molecule has 0 bridgehead atoms. The number of hydrogen-bond acceptors (Lipinski definition) is 9. The summed E-state index contributed by atoms with van der Waals surface area (Å²) in [7, 11) is 1.34. The number of rotatable bonds is 5. The number of alkyl halides is 3. The van der Waals surface area contributed by atoms with Gasteiger partial charge in [0.15, 0.2) is 11.5 Å². The number of fused-ring (bicyclic) bond motifs is 1. The van der Waals surface area contributed by atoms with Gasteiger partial charge in [0, 0.05) is 49.0 Å². The van der Waals surface area contributed by atoms with Crippen LogP contribution in [-0.2, 0) is 6.18 Å². The number of ether oxygens (including phenoxy) is 1. The summed E-state index contributed by atoms with van der Waals surface area (Å²) in [5.41, 5.74) is 5.48. The van der Waals surface area contributed by atoms with Gasteiger partial charge in [-0.15, -0.1) is 0 Å². The lowest BCUT2D eigenvalue weighted by Gasteiger charge is -2.39. The van der Waals surface area contributed by atoms with E-state index >= 15 is 0 Å². The van der Waals surface area contributed by atoms with Gasteiger partial charge in [0.2, 0.25) is 11.8 Å². The smallest absolute Gasteiger partial charge is 0.433 e. The molecule has 3 aromatic heterocycles. The number of aromatic nitrogens is 4. The third kappa shape index (κ3) is 4.97.